The fraction of sp³-hybridized carbons (Fsp3) is 0.400. The summed E-state index contributed by atoms with van der Waals surface area (Å²) in [6.45, 7) is 6.30. The van der Waals surface area contributed by atoms with Crippen molar-refractivity contribution in [2.45, 2.75) is 26.8 Å². The van der Waals surface area contributed by atoms with Crippen molar-refractivity contribution in [1.29, 1.82) is 0 Å². The van der Waals surface area contributed by atoms with Crippen LogP contribution in [0.25, 0.3) is 11.0 Å². The summed E-state index contributed by atoms with van der Waals surface area (Å²) in [5.41, 5.74) is 4.39. The van der Waals surface area contributed by atoms with Gasteiger partial charge < -0.3 is 19.5 Å². The van der Waals surface area contributed by atoms with Crippen LogP contribution >= 0.6 is 0 Å². The average molecular weight is 353 g/mol. The number of aromatic nitrogens is 3. The van der Waals surface area contributed by atoms with E-state index < -0.39 is 0 Å². The lowest BCUT2D eigenvalue weighted by molar-refractivity contribution is 0.387. The van der Waals surface area contributed by atoms with Crippen molar-refractivity contribution < 1.29 is 4.74 Å². The lowest BCUT2D eigenvalue weighted by Crippen LogP contribution is -2.15. The van der Waals surface area contributed by atoms with Gasteiger partial charge in [-0.05, 0) is 58.6 Å². The van der Waals surface area contributed by atoms with Crippen molar-refractivity contribution in [2.24, 2.45) is 0 Å². The van der Waals surface area contributed by atoms with Crippen molar-refractivity contribution in [1.82, 2.24) is 19.4 Å². The van der Waals surface area contributed by atoms with Gasteiger partial charge in [0.15, 0.2) is 0 Å². The van der Waals surface area contributed by atoms with Gasteiger partial charge in [0.1, 0.15) is 23.5 Å². The molecule has 26 heavy (non-hydrogen) atoms. The topological polar surface area (TPSA) is 55.2 Å². The van der Waals surface area contributed by atoms with Gasteiger partial charge in [-0.2, -0.15) is 0 Å². The Hall–Kier alpha value is -2.60. The van der Waals surface area contributed by atoms with E-state index in [0.29, 0.717) is 0 Å². The van der Waals surface area contributed by atoms with Crippen LogP contribution in [-0.2, 0) is 6.54 Å². The summed E-state index contributed by atoms with van der Waals surface area (Å²) in [5.74, 6) is 1.64. The van der Waals surface area contributed by atoms with Crippen molar-refractivity contribution in [3.63, 3.8) is 0 Å². The number of hydrogen-bond donors (Lipinski definition) is 1. The third-order valence-corrected chi connectivity index (χ3v) is 4.73. The summed E-state index contributed by atoms with van der Waals surface area (Å²) in [5, 5.41) is 4.51. The number of anilines is 2. The molecule has 6 heteroatoms. The van der Waals surface area contributed by atoms with Gasteiger partial charge in [0.2, 0.25) is 0 Å². The van der Waals surface area contributed by atoms with E-state index in [9.17, 15) is 0 Å². The molecule has 2 aromatic heterocycles. The molecule has 0 saturated heterocycles. The molecule has 138 valence electrons. The van der Waals surface area contributed by atoms with E-state index in [1.165, 1.54) is 11.3 Å². The normalized spacial score (nSPS) is 11.3. The zero-order valence-electron chi connectivity index (χ0n) is 16.2. The molecule has 0 bridgehead atoms. The summed E-state index contributed by atoms with van der Waals surface area (Å²) in [7, 11) is 5.87. The lowest BCUT2D eigenvalue weighted by atomic mass is 10.2. The molecule has 0 aliphatic heterocycles. The van der Waals surface area contributed by atoms with Gasteiger partial charge in [0, 0.05) is 24.0 Å². The minimum Gasteiger partial charge on any atom is -0.497 e. The molecule has 0 unspecified atom stereocenters. The number of benzene rings is 1. The summed E-state index contributed by atoms with van der Waals surface area (Å²) >= 11 is 0. The molecule has 2 heterocycles. The van der Waals surface area contributed by atoms with Crippen LogP contribution in [0.4, 0.5) is 11.5 Å². The molecule has 6 nitrogen and oxygen atoms in total. The maximum Gasteiger partial charge on any atom is 0.145 e. The maximum absolute atomic E-state index is 5.31. The lowest BCUT2D eigenvalue weighted by Gasteiger charge is -2.12. The maximum atomic E-state index is 5.31. The summed E-state index contributed by atoms with van der Waals surface area (Å²) in [6, 6.07) is 7.86. The molecule has 1 N–H and O–H groups in total. The fourth-order valence-corrected chi connectivity index (χ4v) is 3.22. The molecule has 0 amide bonds. The van der Waals surface area contributed by atoms with Crippen LogP contribution in [0.1, 0.15) is 17.7 Å². The van der Waals surface area contributed by atoms with Gasteiger partial charge in [0.25, 0.3) is 0 Å². The highest BCUT2D eigenvalue weighted by Crippen LogP contribution is 2.31. The predicted molar refractivity (Wildman–Crippen MR) is 106 cm³/mol. The van der Waals surface area contributed by atoms with Gasteiger partial charge in [0.05, 0.1) is 12.5 Å². The second-order valence-electron chi connectivity index (χ2n) is 6.80. The molecular weight excluding hydrogens is 326 g/mol. The van der Waals surface area contributed by atoms with Crippen LogP contribution in [0.15, 0.2) is 30.6 Å². The second-order valence-corrected chi connectivity index (χ2v) is 6.80. The van der Waals surface area contributed by atoms with Crippen molar-refractivity contribution >= 4 is 22.5 Å². The second kappa shape index (κ2) is 7.74. The van der Waals surface area contributed by atoms with Crippen LogP contribution in [0, 0.1) is 13.8 Å². The molecule has 3 aromatic rings. The van der Waals surface area contributed by atoms with E-state index in [2.05, 4.69) is 52.7 Å². The number of ether oxygens (including phenoxy) is 1. The third-order valence-electron chi connectivity index (χ3n) is 4.73. The minimum atomic E-state index is 0.814. The number of aryl methyl sites for hydroxylation is 2. The summed E-state index contributed by atoms with van der Waals surface area (Å²) < 4.78 is 7.61. The van der Waals surface area contributed by atoms with Crippen LogP contribution in [-0.4, -0.2) is 47.2 Å². The molecule has 0 atom stereocenters. The number of methoxy groups -OCH3 is 1. The molecule has 0 radical (unpaired) electrons. The van der Waals surface area contributed by atoms with Crippen molar-refractivity contribution in [3.05, 3.63) is 41.9 Å². The van der Waals surface area contributed by atoms with E-state index in [-0.39, 0.29) is 0 Å². The van der Waals surface area contributed by atoms with E-state index in [1.807, 2.05) is 24.3 Å². The monoisotopic (exact) mass is 353 g/mol. The standard InChI is InChI=1S/C20H27N5O/c1-14-15(2)25(11-7-10-24(3)4)20-18(14)19(21-13-22-20)23-16-8-6-9-17(12-16)26-5/h6,8-9,12-13H,7,10-11H2,1-5H3,(H,21,22,23). The van der Waals surface area contributed by atoms with Crippen LogP contribution in [0.2, 0.25) is 0 Å². The first-order valence-corrected chi connectivity index (χ1v) is 8.87. The Labute approximate surface area is 154 Å². The quantitative estimate of drug-likeness (QED) is 0.701. The van der Waals surface area contributed by atoms with Crippen LogP contribution in [0.3, 0.4) is 0 Å². The number of rotatable bonds is 7. The fourth-order valence-electron chi connectivity index (χ4n) is 3.22. The van der Waals surface area contributed by atoms with Gasteiger partial charge in [-0.3, -0.25) is 0 Å². The first-order chi connectivity index (χ1) is 12.5. The minimum absolute atomic E-state index is 0.814. The SMILES string of the molecule is COc1cccc(Nc2ncnc3c2c(C)c(C)n3CCCN(C)C)c1. The van der Waals surface area contributed by atoms with E-state index in [1.54, 1.807) is 13.4 Å². The van der Waals surface area contributed by atoms with E-state index in [0.717, 1.165) is 47.8 Å². The molecule has 0 saturated carbocycles. The van der Waals surface area contributed by atoms with Gasteiger partial charge in [-0.25, -0.2) is 9.97 Å². The molecule has 3 rings (SSSR count). The van der Waals surface area contributed by atoms with Crippen molar-refractivity contribution in [2.75, 3.05) is 33.1 Å². The summed E-state index contributed by atoms with van der Waals surface area (Å²) in [6.07, 6.45) is 2.71. The predicted octanol–water partition coefficient (Wildman–Crippen LogP) is 3.75. The van der Waals surface area contributed by atoms with Crippen LogP contribution in [0.5, 0.6) is 5.75 Å². The van der Waals surface area contributed by atoms with E-state index >= 15 is 0 Å². The third kappa shape index (κ3) is 3.65. The zero-order chi connectivity index (χ0) is 18.7. The number of nitrogens with zero attached hydrogens (tertiary/aromatic N) is 4. The van der Waals surface area contributed by atoms with Gasteiger partial charge in [-0.15, -0.1) is 0 Å². The smallest absolute Gasteiger partial charge is 0.145 e. The van der Waals surface area contributed by atoms with E-state index in [4.69, 9.17) is 4.74 Å². The Bertz CT molecular complexity index is 901. The molecule has 0 aliphatic carbocycles. The first kappa shape index (κ1) is 18.2. The Morgan fingerprint density at radius 1 is 1.19 bits per heavy atom. The molecule has 0 aliphatic rings. The molecular formula is C20H27N5O. The first-order valence-electron chi connectivity index (χ1n) is 8.87. The Morgan fingerprint density at radius 2 is 2.00 bits per heavy atom. The van der Waals surface area contributed by atoms with Crippen molar-refractivity contribution in [3.8, 4) is 5.75 Å². The Balaban J connectivity index is 1.97. The molecule has 0 spiro atoms. The average Bonchev–Trinajstić information content (AvgIpc) is 2.87. The highest BCUT2D eigenvalue weighted by atomic mass is 16.5. The highest BCUT2D eigenvalue weighted by molar-refractivity contribution is 5.93. The Kier molecular flexibility index (Phi) is 5.42. The zero-order valence-corrected chi connectivity index (χ0v) is 16.2. The molecule has 0 fully saturated rings. The number of hydrogen-bond acceptors (Lipinski definition) is 5. The number of nitrogens with one attached hydrogen (secondary N) is 1. The Morgan fingerprint density at radius 3 is 2.73 bits per heavy atom. The van der Waals surface area contributed by atoms with Crippen LogP contribution < -0.4 is 10.1 Å². The largest absolute Gasteiger partial charge is 0.497 e. The number of fused-ring (bicyclic) bond motifs is 1. The van der Waals surface area contributed by atoms with Gasteiger partial charge >= 0.3 is 0 Å². The van der Waals surface area contributed by atoms with Gasteiger partial charge in [-0.1, -0.05) is 6.07 Å². The molecule has 1 aromatic carbocycles. The summed E-state index contributed by atoms with van der Waals surface area (Å²) in [4.78, 5) is 11.3. The highest BCUT2D eigenvalue weighted by Gasteiger charge is 2.16.